The number of aliphatic hydroxyl groups is 1. The molecule has 0 aliphatic heterocycles. The lowest BCUT2D eigenvalue weighted by Gasteiger charge is -2.33. The number of aliphatic hydroxyl groups excluding tert-OH is 1. The Hall–Kier alpha value is -0.430. The Morgan fingerprint density at radius 2 is 2.25 bits per heavy atom. The Kier molecular flexibility index (Phi) is 3.34. The quantitative estimate of drug-likeness (QED) is 0.884. The second-order valence-electron chi connectivity index (χ2n) is 4.21. The molecule has 90 valence electrons. The highest BCUT2D eigenvalue weighted by atomic mass is 32.2. The van der Waals surface area contributed by atoms with Gasteiger partial charge in [-0.2, -0.15) is 4.31 Å². The molecule has 1 saturated carbocycles. The Labute approximate surface area is 99.6 Å². The van der Waals surface area contributed by atoms with Crippen LogP contribution in [0.1, 0.15) is 12.8 Å². The summed E-state index contributed by atoms with van der Waals surface area (Å²) in [6.07, 6.45) is 1.19. The molecule has 0 unspecified atom stereocenters. The van der Waals surface area contributed by atoms with E-state index in [9.17, 15) is 8.42 Å². The SMILES string of the molecule is CN(CC1CC(O)C1)S(=O)(=O)c1cccs1. The fraction of sp³-hybridized carbons (Fsp3) is 0.600. The van der Waals surface area contributed by atoms with Crippen LogP contribution in [0.2, 0.25) is 0 Å². The predicted molar refractivity (Wildman–Crippen MR) is 62.9 cm³/mol. The summed E-state index contributed by atoms with van der Waals surface area (Å²) in [5.74, 6) is 0.301. The van der Waals surface area contributed by atoms with E-state index in [0.717, 1.165) is 0 Å². The normalized spacial score (nSPS) is 25.7. The van der Waals surface area contributed by atoms with Gasteiger partial charge in [0.1, 0.15) is 4.21 Å². The monoisotopic (exact) mass is 261 g/mol. The van der Waals surface area contributed by atoms with E-state index in [2.05, 4.69) is 0 Å². The van der Waals surface area contributed by atoms with Crippen LogP contribution in [0.25, 0.3) is 0 Å². The van der Waals surface area contributed by atoms with E-state index in [4.69, 9.17) is 5.11 Å². The molecule has 0 aromatic carbocycles. The van der Waals surface area contributed by atoms with Crippen molar-refractivity contribution in [3.8, 4) is 0 Å². The molecule has 1 aliphatic carbocycles. The maximum atomic E-state index is 12.0. The van der Waals surface area contributed by atoms with Crippen LogP contribution in [0.15, 0.2) is 21.7 Å². The van der Waals surface area contributed by atoms with Gasteiger partial charge in [0.05, 0.1) is 6.10 Å². The van der Waals surface area contributed by atoms with Crippen molar-refractivity contribution in [3.63, 3.8) is 0 Å². The van der Waals surface area contributed by atoms with Crippen LogP contribution in [0.3, 0.4) is 0 Å². The molecule has 1 N–H and O–H groups in total. The summed E-state index contributed by atoms with van der Waals surface area (Å²) < 4.78 is 25.8. The molecule has 0 amide bonds. The van der Waals surface area contributed by atoms with Gasteiger partial charge in [-0.1, -0.05) is 6.07 Å². The first kappa shape index (κ1) is 12.0. The summed E-state index contributed by atoms with van der Waals surface area (Å²) in [5, 5.41) is 10.9. The molecule has 1 aromatic heterocycles. The first-order chi connectivity index (χ1) is 7.50. The highest BCUT2D eigenvalue weighted by molar-refractivity contribution is 7.91. The van der Waals surface area contributed by atoms with E-state index >= 15 is 0 Å². The molecule has 1 fully saturated rings. The summed E-state index contributed by atoms with van der Waals surface area (Å²) in [4.78, 5) is 0. The van der Waals surface area contributed by atoms with Crippen LogP contribution in [0.4, 0.5) is 0 Å². The molecule has 1 heterocycles. The lowest BCUT2D eigenvalue weighted by atomic mass is 9.82. The minimum Gasteiger partial charge on any atom is -0.393 e. The van der Waals surface area contributed by atoms with Crippen molar-refractivity contribution in [2.75, 3.05) is 13.6 Å². The van der Waals surface area contributed by atoms with Gasteiger partial charge < -0.3 is 5.11 Å². The van der Waals surface area contributed by atoms with E-state index in [1.165, 1.54) is 15.6 Å². The van der Waals surface area contributed by atoms with Gasteiger partial charge in [0, 0.05) is 13.6 Å². The van der Waals surface area contributed by atoms with Crippen molar-refractivity contribution >= 4 is 21.4 Å². The third-order valence-corrected chi connectivity index (χ3v) is 6.08. The molecule has 0 saturated heterocycles. The van der Waals surface area contributed by atoms with Crippen LogP contribution in [0.5, 0.6) is 0 Å². The highest BCUT2D eigenvalue weighted by Crippen LogP contribution is 2.29. The predicted octanol–water partition coefficient (Wildman–Crippen LogP) is 1.14. The number of hydrogen-bond acceptors (Lipinski definition) is 4. The van der Waals surface area contributed by atoms with Crippen LogP contribution in [0, 0.1) is 5.92 Å². The van der Waals surface area contributed by atoms with Crippen molar-refractivity contribution in [1.29, 1.82) is 0 Å². The van der Waals surface area contributed by atoms with Crippen molar-refractivity contribution in [1.82, 2.24) is 4.31 Å². The molecular weight excluding hydrogens is 246 g/mol. The molecular formula is C10H15NO3S2. The van der Waals surface area contributed by atoms with E-state index in [0.29, 0.717) is 29.5 Å². The third kappa shape index (κ3) is 2.29. The maximum absolute atomic E-state index is 12.0. The lowest BCUT2D eigenvalue weighted by molar-refractivity contribution is 0.0367. The zero-order valence-corrected chi connectivity index (χ0v) is 10.7. The van der Waals surface area contributed by atoms with Gasteiger partial charge in [-0.3, -0.25) is 0 Å². The molecule has 0 bridgehead atoms. The molecule has 6 heteroatoms. The number of sulfonamides is 1. The lowest BCUT2D eigenvalue weighted by Crippen LogP contribution is -2.39. The van der Waals surface area contributed by atoms with Gasteiger partial charge in [-0.15, -0.1) is 11.3 Å². The first-order valence-corrected chi connectivity index (χ1v) is 7.50. The topological polar surface area (TPSA) is 57.6 Å². The molecule has 2 rings (SSSR count). The summed E-state index contributed by atoms with van der Waals surface area (Å²) in [7, 11) is -1.72. The molecule has 16 heavy (non-hydrogen) atoms. The van der Waals surface area contributed by atoms with Crippen molar-refractivity contribution in [2.45, 2.75) is 23.2 Å². The number of nitrogens with zero attached hydrogens (tertiary/aromatic N) is 1. The van der Waals surface area contributed by atoms with Crippen molar-refractivity contribution < 1.29 is 13.5 Å². The van der Waals surface area contributed by atoms with E-state index in [1.54, 1.807) is 24.6 Å². The number of rotatable bonds is 4. The zero-order chi connectivity index (χ0) is 11.8. The largest absolute Gasteiger partial charge is 0.393 e. The summed E-state index contributed by atoms with van der Waals surface area (Å²) in [6, 6.07) is 3.35. The molecule has 0 radical (unpaired) electrons. The van der Waals surface area contributed by atoms with Gasteiger partial charge in [0.25, 0.3) is 10.0 Å². The van der Waals surface area contributed by atoms with E-state index < -0.39 is 10.0 Å². The minimum atomic E-state index is -3.31. The standard InChI is InChI=1S/C10H15NO3S2/c1-11(7-8-5-9(12)6-8)16(13,14)10-3-2-4-15-10/h2-4,8-9,12H,5-7H2,1H3. The maximum Gasteiger partial charge on any atom is 0.252 e. The van der Waals surface area contributed by atoms with E-state index in [-0.39, 0.29) is 6.10 Å². The molecule has 0 spiro atoms. The zero-order valence-electron chi connectivity index (χ0n) is 9.04. The smallest absolute Gasteiger partial charge is 0.252 e. The molecule has 0 atom stereocenters. The first-order valence-electron chi connectivity index (χ1n) is 5.18. The van der Waals surface area contributed by atoms with Gasteiger partial charge in [-0.25, -0.2) is 8.42 Å². The third-order valence-electron chi connectivity index (χ3n) is 2.89. The minimum absolute atomic E-state index is 0.233. The molecule has 1 aromatic rings. The van der Waals surface area contributed by atoms with Gasteiger partial charge >= 0.3 is 0 Å². The van der Waals surface area contributed by atoms with Gasteiger partial charge in [0.2, 0.25) is 0 Å². The second-order valence-corrected chi connectivity index (χ2v) is 7.43. The summed E-state index contributed by atoms with van der Waals surface area (Å²) in [6.45, 7) is 0.497. The van der Waals surface area contributed by atoms with Gasteiger partial charge in [0.15, 0.2) is 0 Å². The summed E-state index contributed by atoms with van der Waals surface area (Å²) in [5.41, 5.74) is 0. The van der Waals surface area contributed by atoms with E-state index in [1.807, 2.05) is 0 Å². The second kappa shape index (κ2) is 4.44. The van der Waals surface area contributed by atoms with Crippen molar-refractivity contribution in [3.05, 3.63) is 17.5 Å². The molecule has 4 nitrogen and oxygen atoms in total. The average molecular weight is 261 g/mol. The van der Waals surface area contributed by atoms with Crippen LogP contribution >= 0.6 is 11.3 Å². The number of hydrogen-bond donors (Lipinski definition) is 1. The van der Waals surface area contributed by atoms with Gasteiger partial charge in [-0.05, 0) is 30.2 Å². The highest BCUT2D eigenvalue weighted by Gasteiger charge is 2.31. The Balaban J connectivity index is 2.01. The fourth-order valence-electron chi connectivity index (χ4n) is 1.88. The van der Waals surface area contributed by atoms with Crippen LogP contribution in [-0.2, 0) is 10.0 Å². The Bertz CT molecular complexity index is 435. The van der Waals surface area contributed by atoms with Crippen LogP contribution < -0.4 is 0 Å². The Morgan fingerprint density at radius 3 is 2.75 bits per heavy atom. The summed E-state index contributed by atoms with van der Waals surface area (Å²) >= 11 is 1.23. The molecule has 1 aliphatic rings. The number of thiophene rings is 1. The van der Waals surface area contributed by atoms with Crippen molar-refractivity contribution in [2.24, 2.45) is 5.92 Å². The van der Waals surface area contributed by atoms with Crippen LogP contribution in [-0.4, -0.2) is 37.5 Å². The fourth-order valence-corrected chi connectivity index (χ4v) is 4.32. The Morgan fingerprint density at radius 1 is 1.56 bits per heavy atom. The average Bonchev–Trinajstić information content (AvgIpc) is 2.68.